The molecule has 1 aliphatic rings. The lowest BCUT2D eigenvalue weighted by atomic mass is 10.00. The monoisotopic (exact) mass is 481 g/mol. The number of hydrogen-bond donors (Lipinski definition) is 1. The minimum absolute atomic E-state index is 0.0184. The predicted octanol–water partition coefficient (Wildman–Crippen LogP) is 5.59. The van der Waals surface area contributed by atoms with Crippen LogP contribution in [-0.4, -0.2) is 35.9 Å². The van der Waals surface area contributed by atoms with Crippen LogP contribution in [0.15, 0.2) is 42.5 Å². The number of benzene rings is 2. The van der Waals surface area contributed by atoms with Gasteiger partial charge in [-0.3, -0.25) is 14.2 Å². The van der Waals surface area contributed by atoms with E-state index in [0.29, 0.717) is 35.9 Å². The lowest BCUT2D eigenvalue weighted by Gasteiger charge is -2.17. The van der Waals surface area contributed by atoms with Gasteiger partial charge in [-0.15, -0.1) is 11.8 Å². The molecule has 166 valence electrons. The maximum absolute atomic E-state index is 12.8. The minimum Gasteiger partial charge on any atom is -0.325 e. The van der Waals surface area contributed by atoms with E-state index in [1.54, 1.807) is 50.2 Å². The van der Waals surface area contributed by atoms with E-state index in [4.69, 9.17) is 20.6 Å². The van der Waals surface area contributed by atoms with Crippen molar-refractivity contribution in [2.45, 2.75) is 31.7 Å². The number of hydrogen-bond acceptors (Lipinski definition) is 6. The van der Waals surface area contributed by atoms with Crippen LogP contribution in [0, 0.1) is 0 Å². The number of rotatable bonds is 8. The fraction of sp³-hybridized carbons (Fsp3) is 0.364. The van der Waals surface area contributed by atoms with Gasteiger partial charge in [0.25, 0.3) is 0 Å². The summed E-state index contributed by atoms with van der Waals surface area (Å²) in [6.45, 7) is 4.16. The second-order valence-electron chi connectivity index (χ2n) is 7.02. The standard InChI is InChI=1S/C22H25ClNO5PS/c1-3-28-30(27,29-4-2)13-15-5-9-18(10-6-15)24-22(26)21-11-16-7-8-17(23)12-19(16)20(25)14-31-21/h5-10,12,21H,3-4,11,13-14H2,1-2H3,(H,24,26)/t21-/m1/s1. The number of nitrogens with one attached hydrogen (secondary N) is 1. The zero-order valence-corrected chi connectivity index (χ0v) is 19.9. The number of thioether (sulfide) groups is 1. The molecule has 0 saturated heterocycles. The first kappa shape index (κ1) is 24.0. The molecule has 2 aromatic rings. The van der Waals surface area contributed by atoms with Gasteiger partial charge in [0.15, 0.2) is 5.78 Å². The molecule has 1 heterocycles. The lowest BCUT2D eigenvalue weighted by molar-refractivity contribution is -0.115. The lowest BCUT2D eigenvalue weighted by Crippen LogP contribution is -2.27. The molecule has 0 fully saturated rings. The largest absolute Gasteiger partial charge is 0.335 e. The highest BCUT2D eigenvalue weighted by Gasteiger charge is 2.28. The van der Waals surface area contributed by atoms with E-state index in [1.165, 1.54) is 11.8 Å². The van der Waals surface area contributed by atoms with E-state index in [1.807, 2.05) is 6.07 Å². The summed E-state index contributed by atoms with van der Waals surface area (Å²) in [6.07, 6.45) is 0.627. The average molecular weight is 482 g/mol. The zero-order valence-electron chi connectivity index (χ0n) is 17.4. The van der Waals surface area contributed by atoms with Gasteiger partial charge in [0, 0.05) is 16.3 Å². The second kappa shape index (κ2) is 10.8. The predicted molar refractivity (Wildman–Crippen MR) is 125 cm³/mol. The smallest absolute Gasteiger partial charge is 0.325 e. The molecule has 3 rings (SSSR count). The van der Waals surface area contributed by atoms with Crippen LogP contribution >= 0.6 is 31.0 Å². The fourth-order valence-corrected chi connectivity index (χ4v) is 6.22. The van der Waals surface area contributed by atoms with Gasteiger partial charge in [-0.05, 0) is 55.7 Å². The number of anilines is 1. The molecule has 0 aliphatic carbocycles. The second-order valence-corrected chi connectivity index (χ2v) is 10.7. The molecule has 1 amide bonds. The summed E-state index contributed by atoms with van der Waals surface area (Å²) in [4.78, 5) is 25.2. The van der Waals surface area contributed by atoms with Gasteiger partial charge in [0.2, 0.25) is 5.91 Å². The van der Waals surface area contributed by atoms with Crippen molar-refractivity contribution in [2.75, 3.05) is 24.3 Å². The van der Waals surface area contributed by atoms with Crippen LogP contribution in [-0.2, 0) is 31.0 Å². The quantitative estimate of drug-likeness (QED) is 0.495. The van der Waals surface area contributed by atoms with E-state index in [9.17, 15) is 14.2 Å². The molecular formula is C22H25ClNO5PS. The molecule has 1 N–H and O–H groups in total. The Morgan fingerprint density at radius 1 is 1.16 bits per heavy atom. The van der Waals surface area contributed by atoms with Crippen molar-refractivity contribution in [3.05, 3.63) is 64.2 Å². The topological polar surface area (TPSA) is 81.7 Å². The fourth-order valence-electron chi connectivity index (χ4n) is 3.33. The molecule has 0 spiro atoms. The summed E-state index contributed by atoms with van der Waals surface area (Å²) in [7, 11) is -3.18. The number of carbonyl (C=O) groups excluding carboxylic acids is 2. The zero-order chi connectivity index (χ0) is 22.4. The molecular weight excluding hydrogens is 457 g/mol. The Balaban J connectivity index is 1.66. The molecule has 0 saturated carbocycles. The molecule has 0 aromatic heterocycles. The van der Waals surface area contributed by atoms with Crippen molar-refractivity contribution in [2.24, 2.45) is 0 Å². The van der Waals surface area contributed by atoms with Crippen molar-refractivity contribution >= 4 is 48.3 Å². The van der Waals surface area contributed by atoms with Crippen molar-refractivity contribution in [1.82, 2.24) is 0 Å². The highest BCUT2D eigenvalue weighted by Crippen LogP contribution is 2.51. The Labute approximate surface area is 191 Å². The Bertz CT molecular complexity index is 988. The van der Waals surface area contributed by atoms with Crippen LogP contribution in [0.3, 0.4) is 0 Å². The van der Waals surface area contributed by atoms with E-state index < -0.39 is 7.60 Å². The van der Waals surface area contributed by atoms with Crippen LogP contribution in [0.1, 0.15) is 35.3 Å². The van der Waals surface area contributed by atoms with Gasteiger partial charge in [-0.1, -0.05) is 29.8 Å². The van der Waals surface area contributed by atoms with Gasteiger partial charge >= 0.3 is 7.60 Å². The molecule has 6 nitrogen and oxygen atoms in total. The van der Waals surface area contributed by atoms with E-state index in [2.05, 4.69) is 5.32 Å². The minimum atomic E-state index is -3.18. The van der Waals surface area contributed by atoms with E-state index in [0.717, 1.165) is 11.1 Å². The Morgan fingerprint density at radius 3 is 2.48 bits per heavy atom. The third-order valence-electron chi connectivity index (χ3n) is 4.73. The molecule has 1 atom stereocenters. The summed E-state index contributed by atoms with van der Waals surface area (Å²) in [6, 6.07) is 12.3. The number of ketones is 1. The molecule has 0 unspecified atom stereocenters. The van der Waals surface area contributed by atoms with Crippen molar-refractivity contribution in [3.63, 3.8) is 0 Å². The average Bonchev–Trinajstić information content (AvgIpc) is 2.89. The first-order valence-corrected chi connectivity index (χ1v) is 13.2. The number of carbonyl (C=O) groups is 2. The van der Waals surface area contributed by atoms with Crippen molar-refractivity contribution in [1.29, 1.82) is 0 Å². The number of amides is 1. The molecule has 0 radical (unpaired) electrons. The third kappa shape index (κ3) is 6.43. The van der Waals surface area contributed by atoms with Crippen LogP contribution in [0.4, 0.5) is 5.69 Å². The van der Waals surface area contributed by atoms with Gasteiger partial charge in [-0.2, -0.15) is 0 Å². The van der Waals surface area contributed by atoms with Gasteiger partial charge in [-0.25, -0.2) is 0 Å². The normalized spacial score (nSPS) is 16.5. The number of fused-ring (bicyclic) bond motifs is 1. The molecule has 2 aromatic carbocycles. The Kier molecular flexibility index (Phi) is 8.36. The van der Waals surface area contributed by atoms with Crippen LogP contribution in [0.2, 0.25) is 5.02 Å². The van der Waals surface area contributed by atoms with E-state index in [-0.39, 0.29) is 28.9 Å². The van der Waals surface area contributed by atoms with Crippen LogP contribution in [0.5, 0.6) is 0 Å². The number of Topliss-reactive ketones (excluding diaryl/α,β-unsaturated/α-hetero) is 1. The van der Waals surface area contributed by atoms with Gasteiger partial charge in [0.05, 0.1) is 30.4 Å². The molecule has 1 aliphatic heterocycles. The number of halogens is 1. The SMILES string of the molecule is CCOP(=O)(Cc1ccc(NC(=O)[C@H]2Cc3ccc(Cl)cc3C(=O)CS2)cc1)OCC. The van der Waals surface area contributed by atoms with Crippen molar-refractivity contribution < 1.29 is 23.2 Å². The Morgan fingerprint density at radius 2 is 1.84 bits per heavy atom. The van der Waals surface area contributed by atoms with Crippen LogP contribution < -0.4 is 5.32 Å². The molecule has 31 heavy (non-hydrogen) atoms. The Hall–Kier alpha value is -1.63. The van der Waals surface area contributed by atoms with Gasteiger partial charge < -0.3 is 14.4 Å². The maximum Gasteiger partial charge on any atom is 0.335 e. The maximum atomic E-state index is 12.8. The molecule has 0 bridgehead atoms. The first-order valence-electron chi connectivity index (χ1n) is 10.0. The van der Waals surface area contributed by atoms with E-state index >= 15 is 0 Å². The highest BCUT2D eigenvalue weighted by atomic mass is 35.5. The summed E-state index contributed by atoms with van der Waals surface area (Å²) < 4.78 is 23.3. The summed E-state index contributed by atoms with van der Waals surface area (Å²) in [5, 5.41) is 3.03. The first-order chi connectivity index (χ1) is 14.8. The molecule has 9 heteroatoms. The summed E-state index contributed by atoms with van der Waals surface area (Å²) >= 11 is 7.35. The van der Waals surface area contributed by atoms with Crippen molar-refractivity contribution in [3.8, 4) is 0 Å². The highest BCUT2D eigenvalue weighted by molar-refractivity contribution is 8.01. The summed E-state index contributed by atoms with van der Waals surface area (Å²) in [5.74, 6) is 0.0481. The third-order valence-corrected chi connectivity index (χ3v) is 8.24. The summed E-state index contributed by atoms with van der Waals surface area (Å²) in [5.41, 5.74) is 2.84. The van der Waals surface area contributed by atoms with Crippen LogP contribution in [0.25, 0.3) is 0 Å². The van der Waals surface area contributed by atoms with Gasteiger partial charge in [0.1, 0.15) is 0 Å².